The van der Waals surface area contributed by atoms with Gasteiger partial charge in [-0.2, -0.15) is 5.26 Å². The first-order chi connectivity index (χ1) is 12.8. The first-order valence-electron chi connectivity index (χ1n) is 7.95. The summed E-state index contributed by atoms with van der Waals surface area (Å²) in [6.45, 7) is 2.58. The number of aromatic nitrogens is 1. The largest absolute Gasteiger partial charge is 0.423 e. The van der Waals surface area contributed by atoms with Crippen LogP contribution in [-0.2, 0) is 26.2 Å². The molecule has 0 aliphatic rings. The summed E-state index contributed by atoms with van der Waals surface area (Å²) in [7, 11) is 1.70. The predicted octanol–water partition coefficient (Wildman–Crippen LogP) is 2.42. The molecule has 0 spiro atoms. The monoisotopic (exact) mass is 366 g/mol. The van der Waals surface area contributed by atoms with E-state index in [9.17, 15) is 19.6 Å². The zero-order valence-electron chi connectivity index (χ0n) is 15.1. The predicted molar refractivity (Wildman–Crippen MR) is 99.1 cm³/mol. The number of carbonyl (C=O) groups is 3. The standard InChI is InChI=1S/C19H18N4O4/c1-12(24)21-14-6-8-15(9-7-14)22-19(26)16(11-20)18(27-13(2)25)17-5-4-10-23(17)3/h4-10H,1-3H3,(H,21,24)(H,22,26). The Labute approximate surface area is 156 Å². The molecule has 0 bridgehead atoms. The summed E-state index contributed by atoms with van der Waals surface area (Å²) in [6, 6.07) is 11.5. The van der Waals surface area contributed by atoms with Gasteiger partial charge in [-0.3, -0.25) is 14.4 Å². The molecule has 0 saturated carbocycles. The lowest BCUT2D eigenvalue weighted by Gasteiger charge is -2.12. The van der Waals surface area contributed by atoms with Gasteiger partial charge in [0.15, 0.2) is 11.3 Å². The van der Waals surface area contributed by atoms with Crippen molar-refractivity contribution in [1.29, 1.82) is 5.26 Å². The Morgan fingerprint density at radius 2 is 1.63 bits per heavy atom. The van der Waals surface area contributed by atoms with Crippen molar-refractivity contribution in [3.05, 3.63) is 53.9 Å². The smallest absolute Gasteiger partial charge is 0.308 e. The lowest BCUT2D eigenvalue weighted by molar-refractivity contribution is -0.134. The molecule has 1 heterocycles. The molecular weight excluding hydrogens is 348 g/mol. The van der Waals surface area contributed by atoms with E-state index in [2.05, 4.69) is 10.6 Å². The molecule has 0 atom stereocenters. The van der Waals surface area contributed by atoms with E-state index in [1.807, 2.05) is 0 Å². The number of benzene rings is 1. The SMILES string of the molecule is CC(=O)Nc1ccc(NC(=O)C(C#N)=C(OC(C)=O)c2cccn2C)cc1. The van der Waals surface area contributed by atoms with E-state index >= 15 is 0 Å². The van der Waals surface area contributed by atoms with Crippen molar-refractivity contribution in [3.63, 3.8) is 0 Å². The summed E-state index contributed by atoms with van der Waals surface area (Å²) in [5, 5.41) is 14.7. The van der Waals surface area contributed by atoms with Crippen LogP contribution in [-0.4, -0.2) is 22.4 Å². The highest BCUT2D eigenvalue weighted by Crippen LogP contribution is 2.22. The van der Waals surface area contributed by atoms with Gasteiger partial charge in [-0.1, -0.05) is 0 Å². The van der Waals surface area contributed by atoms with Gasteiger partial charge in [-0.25, -0.2) is 0 Å². The fourth-order valence-corrected chi connectivity index (χ4v) is 2.31. The van der Waals surface area contributed by atoms with Crippen LogP contribution in [0.2, 0.25) is 0 Å². The summed E-state index contributed by atoms with van der Waals surface area (Å²) < 4.78 is 6.77. The van der Waals surface area contributed by atoms with Crippen LogP contribution in [0.5, 0.6) is 0 Å². The second-order valence-corrected chi connectivity index (χ2v) is 5.63. The van der Waals surface area contributed by atoms with Crippen molar-refractivity contribution >= 4 is 34.9 Å². The molecule has 0 radical (unpaired) electrons. The van der Waals surface area contributed by atoms with Crippen LogP contribution in [0.15, 0.2) is 48.2 Å². The Hall–Kier alpha value is -3.86. The molecule has 1 aromatic carbocycles. The molecule has 8 nitrogen and oxygen atoms in total. The van der Waals surface area contributed by atoms with E-state index in [0.717, 1.165) is 0 Å². The summed E-state index contributed by atoms with van der Waals surface area (Å²) >= 11 is 0. The van der Waals surface area contributed by atoms with E-state index in [1.165, 1.54) is 13.8 Å². The van der Waals surface area contributed by atoms with Crippen molar-refractivity contribution in [3.8, 4) is 6.07 Å². The lowest BCUT2D eigenvalue weighted by atomic mass is 10.1. The second kappa shape index (κ2) is 8.49. The molecule has 0 saturated heterocycles. The Balaban J connectivity index is 2.33. The third-order valence-corrected chi connectivity index (χ3v) is 3.45. The van der Waals surface area contributed by atoms with Crippen molar-refractivity contribution in [2.24, 2.45) is 7.05 Å². The molecule has 0 aliphatic heterocycles. The minimum absolute atomic E-state index is 0.120. The summed E-state index contributed by atoms with van der Waals surface area (Å²) in [6.07, 6.45) is 1.70. The van der Waals surface area contributed by atoms with Gasteiger partial charge < -0.3 is 19.9 Å². The number of esters is 1. The fourth-order valence-electron chi connectivity index (χ4n) is 2.31. The Morgan fingerprint density at radius 1 is 1.04 bits per heavy atom. The van der Waals surface area contributed by atoms with Crippen molar-refractivity contribution in [2.45, 2.75) is 13.8 Å². The zero-order valence-corrected chi connectivity index (χ0v) is 15.1. The molecule has 0 fully saturated rings. The van der Waals surface area contributed by atoms with Gasteiger partial charge in [0.1, 0.15) is 6.07 Å². The second-order valence-electron chi connectivity index (χ2n) is 5.63. The van der Waals surface area contributed by atoms with Crippen molar-refractivity contribution < 1.29 is 19.1 Å². The summed E-state index contributed by atoms with van der Waals surface area (Å²) in [5.41, 5.74) is 1.06. The van der Waals surface area contributed by atoms with Crippen LogP contribution in [0.4, 0.5) is 11.4 Å². The number of aryl methyl sites for hydroxylation is 1. The minimum Gasteiger partial charge on any atom is -0.423 e. The van der Waals surface area contributed by atoms with Crippen molar-refractivity contribution in [1.82, 2.24) is 4.57 Å². The van der Waals surface area contributed by atoms with Gasteiger partial charge >= 0.3 is 5.97 Å². The van der Waals surface area contributed by atoms with Gasteiger partial charge in [-0.15, -0.1) is 0 Å². The van der Waals surface area contributed by atoms with Crippen LogP contribution in [0.1, 0.15) is 19.5 Å². The number of nitriles is 1. The van der Waals surface area contributed by atoms with Gasteiger partial charge in [0.2, 0.25) is 5.91 Å². The van der Waals surface area contributed by atoms with Gasteiger partial charge in [0.25, 0.3) is 5.91 Å². The number of carbonyl (C=O) groups excluding carboxylic acids is 3. The summed E-state index contributed by atoms with van der Waals surface area (Å²) in [5.74, 6) is -1.70. The number of amides is 2. The maximum Gasteiger partial charge on any atom is 0.308 e. The van der Waals surface area contributed by atoms with Gasteiger partial charge in [-0.05, 0) is 36.4 Å². The molecule has 2 N–H and O–H groups in total. The van der Waals surface area contributed by atoms with E-state index in [0.29, 0.717) is 17.1 Å². The normalized spacial score (nSPS) is 11.0. The zero-order chi connectivity index (χ0) is 20.0. The molecule has 2 rings (SSSR count). The highest BCUT2D eigenvalue weighted by molar-refractivity contribution is 6.11. The van der Waals surface area contributed by atoms with Gasteiger partial charge in [0, 0.05) is 38.5 Å². The average Bonchev–Trinajstić information content (AvgIpc) is 3.01. The number of nitrogens with one attached hydrogen (secondary N) is 2. The molecule has 8 heteroatoms. The van der Waals surface area contributed by atoms with E-state index in [-0.39, 0.29) is 17.2 Å². The Bertz CT molecular complexity index is 949. The number of hydrogen-bond acceptors (Lipinski definition) is 5. The molecule has 27 heavy (non-hydrogen) atoms. The van der Waals surface area contributed by atoms with E-state index < -0.39 is 11.9 Å². The highest BCUT2D eigenvalue weighted by atomic mass is 16.5. The Morgan fingerprint density at radius 3 is 2.07 bits per heavy atom. The minimum atomic E-state index is -0.720. The van der Waals surface area contributed by atoms with E-state index in [1.54, 1.807) is 60.3 Å². The molecular formula is C19H18N4O4. The number of nitrogens with zero attached hydrogens (tertiary/aromatic N) is 2. The van der Waals surface area contributed by atoms with Crippen LogP contribution in [0.25, 0.3) is 5.76 Å². The molecule has 2 aromatic rings. The van der Waals surface area contributed by atoms with Crippen LogP contribution in [0, 0.1) is 11.3 Å². The topological polar surface area (TPSA) is 113 Å². The van der Waals surface area contributed by atoms with Crippen LogP contribution < -0.4 is 10.6 Å². The molecule has 138 valence electrons. The number of anilines is 2. The highest BCUT2D eigenvalue weighted by Gasteiger charge is 2.22. The number of hydrogen-bond donors (Lipinski definition) is 2. The average molecular weight is 366 g/mol. The Kier molecular flexibility index (Phi) is 6.12. The molecule has 2 amide bonds. The van der Waals surface area contributed by atoms with Crippen molar-refractivity contribution in [2.75, 3.05) is 10.6 Å². The summed E-state index contributed by atoms with van der Waals surface area (Å²) in [4.78, 5) is 35.1. The maximum absolute atomic E-state index is 12.6. The van der Waals surface area contributed by atoms with Gasteiger partial charge in [0.05, 0.1) is 5.69 Å². The fraction of sp³-hybridized carbons (Fsp3) is 0.158. The molecule has 0 unspecified atom stereocenters. The number of ether oxygens (including phenoxy) is 1. The van der Waals surface area contributed by atoms with Crippen LogP contribution >= 0.6 is 0 Å². The number of rotatable bonds is 5. The first kappa shape index (κ1) is 19.5. The molecule has 0 aliphatic carbocycles. The maximum atomic E-state index is 12.6. The quantitative estimate of drug-likeness (QED) is 0.365. The third-order valence-electron chi connectivity index (χ3n) is 3.45. The first-order valence-corrected chi connectivity index (χ1v) is 7.95. The lowest BCUT2D eigenvalue weighted by Crippen LogP contribution is -2.17. The molecule has 1 aromatic heterocycles. The van der Waals surface area contributed by atoms with Crippen LogP contribution in [0.3, 0.4) is 0 Å². The third kappa shape index (κ3) is 5.06. The van der Waals surface area contributed by atoms with E-state index in [4.69, 9.17) is 4.74 Å².